The van der Waals surface area contributed by atoms with E-state index in [1.54, 1.807) is 0 Å². The molecule has 0 amide bonds. The molecule has 0 saturated carbocycles. The number of hydrogen-bond acceptors (Lipinski definition) is 2. The van der Waals surface area contributed by atoms with E-state index in [0.29, 0.717) is 6.26 Å². The van der Waals surface area contributed by atoms with Crippen LogP contribution in [-0.4, -0.2) is 26.5 Å². The lowest BCUT2D eigenvalue weighted by Crippen LogP contribution is -2.02. The van der Waals surface area contributed by atoms with E-state index in [1.807, 2.05) is 0 Å². The fourth-order valence-electron chi connectivity index (χ4n) is 0. The van der Waals surface area contributed by atoms with Gasteiger partial charge in [0.2, 0.25) is 0 Å². The van der Waals surface area contributed by atoms with Gasteiger partial charge in [0.05, 0.1) is 6.26 Å². The van der Waals surface area contributed by atoms with E-state index in [9.17, 15) is 25.7 Å². The van der Waals surface area contributed by atoms with E-state index in [0.717, 1.165) is 0 Å². The van der Waals surface area contributed by atoms with Gasteiger partial charge >= 0.3 is 7.25 Å². The summed E-state index contributed by atoms with van der Waals surface area (Å²) in [5.74, 6) is 0. The lowest BCUT2D eigenvalue weighted by Gasteiger charge is -1.94. The minimum atomic E-state index is -6.00. The lowest BCUT2D eigenvalue weighted by molar-refractivity contribution is 0.368. The molecule has 0 aliphatic heterocycles. The van der Waals surface area contributed by atoms with Crippen LogP contribution in [0.5, 0.6) is 0 Å². The SMILES string of the molecule is CS(=O)(=O)O.F[B-](F)(F)F. The Morgan fingerprint density at radius 2 is 1.20 bits per heavy atom. The van der Waals surface area contributed by atoms with Gasteiger partial charge in [0.1, 0.15) is 0 Å². The normalized spacial score (nSPS) is 11.8. The summed E-state index contributed by atoms with van der Waals surface area (Å²) < 4.78 is 64.9. The molecule has 9 heteroatoms. The molecule has 0 radical (unpaired) electrons. The first-order valence-electron chi connectivity index (χ1n) is 1.80. The minimum Gasteiger partial charge on any atom is -0.418 e. The van der Waals surface area contributed by atoms with E-state index in [4.69, 9.17) is 4.55 Å². The molecule has 0 rings (SSSR count). The van der Waals surface area contributed by atoms with Crippen LogP contribution in [0.1, 0.15) is 0 Å². The van der Waals surface area contributed by atoms with Gasteiger partial charge in [0, 0.05) is 0 Å². The molecule has 0 fully saturated rings. The maximum atomic E-state index is 9.75. The number of halogens is 4. The maximum Gasteiger partial charge on any atom is 0.673 e. The van der Waals surface area contributed by atoms with Crippen molar-refractivity contribution in [2.24, 2.45) is 0 Å². The predicted molar refractivity (Wildman–Crippen MR) is 27.7 cm³/mol. The first kappa shape index (κ1) is 12.4. The fourth-order valence-corrected chi connectivity index (χ4v) is 0. The Kier molecular flexibility index (Phi) is 4.66. The maximum absolute atomic E-state index is 9.75. The Bertz CT molecular complexity index is 155. The number of hydrogen-bond donors (Lipinski definition) is 1. The van der Waals surface area contributed by atoms with Crippen molar-refractivity contribution < 1.29 is 30.2 Å². The quantitative estimate of drug-likeness (QED) is 0.343. The molecule has 0 aliphatic rings. The Labute approximate surface area is 54.9 Å². The third kappa shape index (κ3) is 3710. The third-order valence-electron chi connectivity index (χ3n) is 0. The monoisotopic (exact) mass is 183 g/mol. The highest BCUT2D eigenvalue weighted by Gasteiger charge is 2.20. The topological polar surface area (TPSA) is 54.4 Å². The molecule has 0 unspecified atom stereocenters. The van der Waals surface area contributed by atoms with Crippen molar-refractivity contribution in [1.29, 1.82) is 0 Å². The van der Waals surface area contributed by atoms with Gasteiger partial charge in [-0.25, -0.2) is 0 Å². The van der Waals surface area contributed by atoms with E-state index in [2.05, 4.69) is 0 Å². The molecule has 0 aromatic heterocycles. The standard InChI is InChI=1S/CH4O3S.BF4/c1-5(2,3)4;2-1(3,4)5/h1H3,(H,2,3,4);/q;-1. The van der Waals surface area contributed by atoms with Gasteiger partial charge in [-0.3, -0.25) is 4.55 Å². The van der Waals surface area contributed by atoms with Gasteiger partial charge in [0.25, 0.3) is 10.1 Å². The Morgan fingerprint density at radius 1 is 1.20 bits per heavy atom. The summed E-state index contributed by atoms with van der Waals surface area (Å²) in [6.07, 6.45) is 0.715. The highest BCUT2D eigenvalue weighted by Crippen LogP contribution is 2.06. The van der Waals surface area contributed by atoms with Crippen LogP contribution in [0.4, 0.5) is 17.3 Å². The zero-order valence-electron chi connectivity index (χ0n) is 4.76. The molecule has 0 aliphatic carbocycles. The van der Waals surface area contributed by atoms with Gasteiger partial charge in [-0.05, 0) is 0 Å². The molecular weight excluding hydrogens is 179 g/mol. The molecule has 1 N–H and O–H groups in total. The molecule has 0 heterocycles. The van der Waals surface area contributed by atoms with Crippen molar-refractivity contribution in [3.63, 3.8) is 0 Å². The molecular formula is CH4BF4O3S-. The van der Waals surface area contributed by atoms with Crippen molar-refractivity contribution in [1.82, 2.24) is 0 Å². The molecule has 3 nitrogen and oxygen atoms in total. The molecule has 0 aromatic rings. The summed E-state index contributed by atoms with van der Waals surface area (Å²) in [6.45, 7) is 0. The molecule has 0 atom stereocenters. The summed E-state index contributed by atoms with van der Waals surface area (Å²) >= 11 is 0. The molecule has 10 heavy (non-hydrogen) atoms. The lowest BCUT2D eigenvalue weighted by atomic mass is 10.3. The Balaban J connectivity index is 0. The molecule has 0 saturated heterocycles. The van der Waals surface area contributed by atoms with Crippen LogP contribution < -0.4 is 0 Å². The van der Waals surface area contributed by atoms with Crippen LogP contribution in [0.3, 0.4) is 0 Å². The van der Waals surface area contributed by atoms with E-state index in [-0.39, 0.29) is 0 Å². The van der Waals surface area contributed by atoms with E-state index >= 15 is 0 Å². The highest BCUT2D eigenvalue weighted by molar-refractivity contribution is 7.85. The van der Waals surface area contributed by atoms with Gasteiger partial charge in [-0.15, -0.1) is 0 Å². The van der Waals surface area contributed by atoms with Gasteiger partial charge < -0.3 is 17.3 Å². The summed E-state index contributed by atoms with van der Waals surface area (Å²) in [5.41, 5.74) is 0. The fraction of sp³-hybridized carbons (Fsp3) is 1.00. The zero-order valence-corrected chi connectivity index (χ0v) is 5.58. The van der Waals surface area contributed by atoms with E-state index < -0.39 is 17.4 Å². The Morgan fingerprint density at radius 3 is 1.20 bits per heavy atom. The third-order valence-corrected chi connectivity index (χ3v) is 0. The van der Waals surface area contributed by atoms with E-state index in [1.165, 1.54) is 0 Å². The van der Waals surface area contributed by atoms with Crippen LogP contribution in [-0.2, 0) is 10.1 Å². The van der Waals surface area contributed by atoms with Crippen molar-refractivity contribution in [3.8, 4) is 0 Å². The summed E-state index contributed by atoms with van der Waals surface area (Å²) in [6, 6.07) is 0. The van der Waals surface area contributed by atoms with Crippen LogP contribution in [0.25, 0.3) is 0 Å². The van der Waals surface area contributed by atoms with Crippen LogP contribution >= 0.6 is 0 Å². The average Bonchev–Trinajstić information content (AvgIpc) is 1.12. The first-order chi connectivity index (χ1) is 4.00. The van der Waals surface area contributed by atoms with Crippen LogP contribution in [0.15, 0.2) is 0 Å². The zero-order chi connectivity index (χ0) is 9.00. The summed E-state index contributed by atoms with van der Waals surface area (Å²) in [4.78, 5) is 0. The Hall–Kier alpha value is -0.305. The van der Waals surface area contributed by atoms with Gasteiger partial charge in [-0.2, -0.15) is 8.42 Å². The smallest absolute Gasteiger partial charge is 0.418 e. The average molecular weight is 183 g/mol. The summed E-state index contributed by atoms with van der Waals surface area (Å²) in [5, 5.41) is 0. The second-order valence-electron chi connectivity index (χ2n) is 1.23. The second-order valence-corrected chi connectivity index (χ2v) is 2.69. The van der Waals surface area contributed by atoms with Crippen LogP contribution in [0, 0.1) is 0 Å². The van der Waals surface area contributed by atoms with Crippen molar-refractivity contribution >= 4 is 17.4 Å². The highest BCUT2D eigenvalue weighted by atomic mass is 32.2. The summed E-state index contributed by atoms with van der Waals surface area (Å²) in [7, 11) is -9.67. The van der Waals surface area contributed by atoms with Crippen molar-refractivity contribution in [3.05, 3.63) is 0 Å². The largest absolute Gasteiger partial charge is 0.673 e. The van der Waals surface area contributed by atoms with Crippen molar-refractivity contribution in [2.75, 3.05) is 6.26 Å². The van der Waals surface area contributed by atoms with Crippen molar-refractivity contribution in [2.45, 2.75) is 0 Å². The second kappa shape index (κ2) is 3.76. The predicted octanol–water partition coefficient (Wildman–Crippen LogP) is 0.804. The number of rotatable bonds is 0. The van der Waals surface area contributed by atoms with Gasteiger partial charge in [0.15, 0.2) is 0 Å². The molecule has 64 valence electrons. The first-order valence-corrected chi connectivity index (χ1v) is 3.65. The molecule has 0 spiro atoms. The minimum absolute atomic E-state index is 0.715. The van der Waals surface area contributed by atoms with Crippen LogP contribution in [0.2, 0.25) is 0 Å². The molecule has 0 bridgehead atoms. The van der Waals surface area contributed by atoms with Gasteiger partial charge in [-0.1, -0.05) is 0 Å². The molecule has 0 aromatic carbocycles.